The second-order valence-corrected chi connectivity index (χ2v) is 6.39. The molecule has 0 atom stereocenters. The van der Waals surface area contributed by atoms with Gasteiger partial charge in [0.15, 0.2) is 0 Å². The van der Waals surface area contributed by atoms with E-state index in [0.717, 1.165) is 17.8 Å². The molecular weight excluding hydrogens is 298 g/mol. The monoisotopic (exact) mass is 323 g/mol. The van der Waals surface area contributed by atoms with Crippen molar-refractivity contribution >= 4 is 11.6 Å². The van der Waals surface area contributed by atoms with Crippen molar-refractivity contribution < 1.29 is 4.79 Å². The van der Waals surface area contributed by atoms with Gasteiger partial charge in [0.05, 0.1) is 0 Å². The first kappa shape index (κ1) is 16.7. The molecule has 1 heterocycles. The van der Waals surface area contributed by atoms with Crippen LogP contribution in [0.3, 0.4) is 0 Å². The van der Waals surface area contributed by atoms with Crippen LogP contribution in [0, 0.1) is 0 Å². The van der Waals surface area contributed by atoms with Gasteiger partial charge in [0, 0.05) is 24.3 Å². The highest BCUT2D eigenvalue weighted by Gasteiger charge is 2.11. The minimum Gasteiger partial charge on any atom is -0.326 e. The predicted octanol–water partition coefficient (Wildman–Crippen LogP) is 3.38. The molecule has 0 unspecified atom stereocenters. The Balaban J connectivity index is 1.63. The number of rotatable bonds is 5. The molecule has 0 aliphatic carbocycles. The number of nitrogens with two attached hydrogens (primary N) is 1. The second-order valence-electron chi connectivity index (χ2n) is 6.39. The van der Waals surface area contributed by atoms with Crippen molar-refractivity contribution in [2.75, 3.05) is 18.4 Å². The molecule has 4 heteroatoms. The van der Waals surface area contributed by atoms with E-state index in [9.17, 15) is 4.79 Å². The summed E-state index contributed by atoms with van der Waals surface area (Å²) in [5.74, 6) is -0.0892. The summed E-state index contributed by atoms with van der Waals surface area (Å²) in [6.45, 7) is 3.78. The number of hydrogen-bond acceptors (Lipinski definition) is 3. The van der Waals surface area contributed by atoms with Gasteiger partial charge in [-0.15, -0.1) is 0 Å². The Bertz CT molecular complexity index is 676. The summed E-state index contributed by atoms with van der Waals surface area (Å²) in [7, 11) is 0. The average Bonchev–Trinajstić information content (AvgIpc) is 2.63. The molecule has 0 radical (unpaired) electrons. The molecule has 0 aromatic heterocycles. The number of benzene rings is 2. The summed E-state index contributed by atoms with van der Waals surface area (Å²) in [4.78, 5) is 14.8. The van der Waals surface area contributed by atoms with Gasteiger partial charge in [-0.3, -0.25) is 9.69 Å². The van der Waals surface area contributed by atoms with E-state index < -0.39 is 0 Å². The number of nitrogens with zero attached hydrogens (tertiary/aromatic N) is 1. The Morgan fingerprint density at radius 2 is 1.75 bits per heavy atom. The van der Waals surface area contributed by atoms with E-state index >= 15 is 0 Å². The third-order valence-corrected chi connectivity index (χ3v) is 4.49. The molecule has 1 aliphatic heterocycles. The van der Waals surface area contributed by atoms with Crippen molar-refractivity contribution in [3.05, 3.63) is 65.2 Å². The maximum Gasteiger partial charge on any atom is 0.255 e. The van der Waals surface area contributed by atoms with Gasteiger partial charge in [-0.2, -0.15) is 0 Å². The number of amides is 1. The molecule has 1 aliphatic rings. The SMILES string of the molecule is NCc1ccc(C(=O)Nc2cccc(CN3CCCCC3)c2)cc1. The van der Waals surface area contributed by atoms with Crippen molar-refractivity contribution in [2.24, 2.45) is 5.73 Å². The molecule has 2 aromatic carbocycles. The van der Waals surface area contributed by atoms with E-state index in [4.69, 9.17) is 5.73 Å². The Morgan fingerprint density at radius 3 is 2.46 bits per heavy atom. The molecule has 24 heavy (non-hydrogen) atoms. The summed E-state index contributed by atoms with van der Waals surface area (Å²) in [6.07, 6.45) is 3.92. The molecule has 2 aromatic rings. The lowest BCUT2D eigenvalue weighted by atomic mass is 10.1. The van der Waals surface area contributed by atoms with Crippen molar-refractivity contribution in [2.45, 2.75) is 32.4 Å². The van der Waals surface area contributed by atoms with Crippen LogP contribution in [0.2, 0.25) is 0 Å². The van der Waals surface area contributed by atoms with E-state index in [2.05, 4.69) is 22.3 Å². The first-order valence-corrected chi connectivity index (χ1v) is 8.66. The zero-order chi connectivity index (χ0) is 16.8. The fourth-order valence-corrected chi connectivity index (χ4v) is 3.12. The van der Waals surface area contributed by atoms with Crippen molar-refractivity contribution in [3.8, 4) is 0 Å². The highest BCUT2D eigenvalue weighted by Crippen LogP contribution is 2.17. The summed E-state index contributed by atoms with van der Waals surface area (Å²) < 4.78 is 0. The molecule has 0 bridgehead atoms. The highest BCUT2D eigenvalue weighted by molar-refractivity contribution is 6.04. The van der Waals surface area contributed by atoms with Crippen LogP contribution < -0.4 is 11.1 Å². The standard InChI is InChI=1S/C20H25N3O/c21-14-16-7-9-18(10-8-16)20(24)22-19-6-4-5-17(13-19)15-23-11-2-1-3-12-23/h4-10,13H,1-3,11-12,14-15,21H2,(H,22,24). The number of carbonyl (C=O) groups excluding carboxylic acids is 1. The quantitative estimate of drug-likeness (QED) is 0.887. The molecule has 1 fully saturated rings. The summed E-state index contributed by atoms with van der Waals surface area (Å²) in [5, 5.41) is 2.98. The van der Waals surface area contributed by atoms with Crippen LogP contribution in [0.5, 0.6) is 0 Å². The molecule has 3 N–H and O–H groups in total. The predicted molar refractivity (Wildman–Crippen MR) is 97.9 cm³/mol. The van der Waals surface area contributed by atoms with E-state index in [1.165, 1.54) is 37.9 Å². The van der Waals surface area contributed by atoms with Crippen molar-refractivity contribution in [1.82, 2.24) is 4.90 Å². The lowest BCUT2D eigenvalue weighted by Crippen LogP contribution is -2.29. The smallest absolute Gasteiger partial charge is 0.255 e. The van der Waals surface area contributed by atoms with E-state index in [0.29, 0.717) is 12.1 Å². The van der Waals surface area contributed by atoms with Crippen LogP contribution in [0.1, 0.15) is 40.7 Å². The molecule has 4 nitrogen and oxygen atoms in total. The second kappa shape index (κ2) is 8.08. The van der Waals surface area contributed by atoms with Crippen LogP contribution in [0.25, 0.3) is 0 Å². The number of anilines is 1. The molecule has 1 amide bonds. The molecule has 0 saturated carbocycles. The lowest BCUT2D eigenvalue weighted by Gasteiger charge is -2.26. The third-order valence-electron chi connectivity index (χ3n) is 4.49. The number of piperidine rings is 1. The summed E-state index contributed by atoms with van der Waals surface area (Å²) in [5.41, 5.74) is 9.35. The Kier molecular flexibility index (Phi) is 5.62. The van der Waals surface area contributed by atoms with Gasteiger partial charge in [-0.1, -0.05) is 30.7 Å². The van der Waals surface area contributed by atoms with E-state index in [-0.39, 0.29) is 5.91 Å². The molecule has 1 saturated heterocycles. The van der Waals surface area contributed by atoms with Crippen molar-refractivity contribution in [1.29, 1.82) is 0 Å². The van der Waals surface area contributed by atoms with Gasteiger partial charge in [-0.05, 0) is 61.3 Å². The number of hydrogen-bond donors (Lipinski definition) is 2. The number of likely N-dealkylation sites (tertiary alicyclic amines) is 1. The minimum atomic E-state index is -0.0892. The van der Waals surface area contributed by atoms with E-state index in [1.54, 1.807) is 0 Å². The summed E-state index contributed by atoms with van der Waals surface area (Å²) >= 11 is 0. The Hall–Kier alpha value is -2.17. The maximum absolute atomic E-state index is 12.4. The topological polar surface area (TPSA) is 58.4 Å². The number of nitrogens with one attached hydrogen (secondary N) is 1. The fraction of sp³-hybridized carbons (Fsp3) is 0.350. The van der Waals surface area contributed by atoms with Crippen molar-refractivity contribution in [3.63, 3.8) is 0 Å². The number of carbonyl (C=O) groups is 1. The average molecular weight is 323 g/mol. The largest absolute Gasteiger partial charge is 0.326 e. The van der Waals surface area contributed by atoms with Crippen LogP contribution in [0.4, 0.5) is 5.69 Å². The van der Waals surface area contributed by atoms with Gasteiger partial charge in [0.2, 0.25) is 0 Å². The van der Waals surface area contributed by atoms with Gasteiger partial charge in [0.1, 0.15) is 0 Å². The first-order valence-electron chi connectivity index (χ1n) is 8.66. The normalized spacial score (nSPS) is 15.2. The van der Waals surface area contributed by atoms with Gasteiger partial charge >= 0.3 is 0 Å². The first-order chi connectivity index (χ1) is 11.7. The highest BCUT2D eigenvalue weighted by atomic mass is 16.1. The van der Waals surface area contributed by atoms with Gasteiger partial charge < -0.3 is 11.1 Å². The van der Waals surface area contributed by atoms with Gasteiger partial charge in [0.25, 0.3) is 5.91 Å². The molecule has 3 rings (SSSR count). The Morgan fingerprint density at radius 1 is 1.00 bits per heavy atom. The van der Waals surface area contributed by atoms with Gasteiger partial charge in [-0.25, -0.2) is 0 Å². The zero-order valence-corrected chi connectivity index (χ0v) is 14.0. The lowest BCUT2D eigenvalue weighted by molar-refractivity contribution is 0.102. The van der Waals surface area contributed by atoms with E-state index in [1.807, 2.05) is 36.4 Å². The van der Waals surface area contributed by atoms with Crippen LogP contribution in [-0.4, -0.2) is 23.9 Å². The summed E-state index contributed by atoms with van der Waals surface area (Å²) in [6, 6.07) is 15.5. The van der Waals surface area contributed by atoms with Crippen LogP contribution in [0.15, 0.2) is 48.5 Å². The van der Waals surface area contributed by atoms with Crippen LogP contribution in [-0.2, 0) is 13.1 Å². The third kappa shape index (κ3) is 4.43. The fourth-order valence-electron chi connectivity index (χ4n) is 3.12. The molecular formula is C20H25N3O. The van der Waals surface area contributed by atoms with Crippen LogP contribution >= 0.6 is 0 Å². The maximum atomic E-state index is 12.4. The zero-order valence-electron chi connectivity index (χ0n) is 14.0. The Labute approximate surface area is 143 Å². The molecule has 0 spiro atoms. The molecule has 126 valence electrons. The minimum absolute atomic E-state index is 0.0892.